The van der Waals surface area contributed by atoms with E-state index in [-0.39, 0.29) is 24.7 Å². The lowest BCUT2D eigenvalue weighted by molar-refractivity contribution is -0.124. The van der Waals surface area contributed by atoms with Gasteiger partial charge in [-0.25, -0.2) is 5.43 Å². The number of hydrazone groups is 1. The van der Waals surface area contributed by atoms with Crippen molar-refractivity contribution >= 4 is 23.7 Å². The number of amides is 2. The summed E-state index contributed by atoms with van der Waals surface area (Å²) >= 11 is 0. The summed E-state index contributed by atoms with van der Waals surface area (Å²) in [5.74, 6) is 1.29. The van der Waals surface area contributed by atoms with E-state index < -0.39 is 0 Å². The minimum Gasteiger partial charge on any atom is -0.497 e. The van der Waals surface area contributed by atoms with Gasteiger partial charge in [0.1, 0.15) is 12.4 Å². The first-order valence-corrected chi connectivity index (χ1v) is 11.7. The standard InChI is InChI=1S/C28H31N3O5/c1-4-35-26-17-22(9-14-25(26)36-19-21-7-5-20(2)6-8-21)18-29-31-28(33)16-15-27(32)30-23-10-12-24(34-3)13-11-23/h5-14,17-18H,4,15-16,19H2,1-3H3,(H,30,32)(H,31,33). The highest BCUT2D eigenvalue weighted by atomic mass is 16.5. The molecule has 0 fully saturated rings. The molecule has 0 saturated heterocycles. The Morgan fingerprint density at radius 2 is 1.61 bits per heavy atom. The van der Waals surface area contributed by atoms with Crippen LogP contribution >= 0.6 is 0 Å². The number of carbonyl (C=O) groups excluding carboxylic acids is 2. The van der Waals surface area contributed by atoms with Crippen LogP contribution in [0.2, 0.25) is 0 Å². The van der Waals surface area contributed by atoms with Gasteiger partial charge in [0.25, 0.3) is 0 Å². The van der Waals surface area contributed by atoms with Crippen molar-refractivity contribution in [1.29, 1.82) is 0 Å². The lowest BCUT2D eigenvalue weighted by Gasteiger charge is -2.12. The zero-order valence-electron chi connectivity index (χ0n) is 20.7. The summed E-state index contributed by atoms with van der Waals surface area (Å²) < 4.78 is 16.7. The van der Waals surface area contributed by atoms with Gasteiger partial charge in [0.15, 0.2) is 11.5 Å². The molecule has 36 heavy (non-hydrogen) atoms. The molecule has 2 N–H and O–H groups in total. The van der Waals surface area contributed by atoms with Crippen molar-refractivity contribution < 1.29 is 23.8 Å². The molecular formula is C28H31N3O5. The Labute approximate surface area is 211 Å². The van der Waals surface area contributed by atoms with Crippen LogP contribution in [0.5, 0.6) is 17.2 Å². The van der Waals surface area contributed by atoms with Crippen molar-refractivity contribution in [3.8, 4) is 17.2 Å². The van der Waals surface area contributed by atoms with E-state index in [9.17, 15) is 9.59 Å². The minimum absolute atomic E-state index is 0.00924. The Morgan fingerprint density at radius 1 is 0.889 bits per heavy atom. The molecule has 0 aliphatic carbocycles. The monoisotopic (exact) mass is 489 g/mol. The molecule has 8 nitrogen and oxygen atoms in total. The maximum Gasteiger partial charge on any atom is 0.240 e. The number of hydrogen-bond donors (Lipinski definition) is 2. The number of ether oxygens (including phenoxy) is 3. The molecule has 3 rings (SSSR count). The van der Waals surface area contributed by atoms with Crippen LogP contribution in [0.25, 0.3) is 0 Å². The van der Waals surface area contributed by atoms with E-state index in [1.165, 1.54) is 11.8 Å². The second kappa shape index (κ2) is 13.5. The van der Waals surface area contributed by atoms with Crippen LogP contribution < -0.4 is 25.0 Å². The summed E-state index contributed by atoms with van der Waals surface area (Å²) in [7, 11) is 1.57. The minimum atomic E-state index is -0.362. The molecule has 3 aromatic carbocycles. The topological polar surface area (TPSA) is 98.2 Å². The molecule has 0 aromatic heterocycles. The summed E-state index contributed by atoms with van der Waals surface area (Å²) in [5, 5.41) is 6.73. The highest BCUT2D eigenvalue weighted by Gasteiger charge is 2.08. The Kier molecular flexibility index (Phi) is 9.88. The van der Waals surface area contributed by atoms with Crippen molar-refractivity contribution in [3.05, 3.63) is 83.4 Å². The first-order valence-electron chi connectivity index (χ1n) is 11.7. The van der Waals surface area contributed by atoms with Crippen LogP contribution in [0.4, 0.5) is 5.69 Å². The number of nitrogens with zero attached hydrogens (tertiary/aromatic N) is 1. The molecule has 0 bridgehead atoms. The molecule has 0 radical (unpaired) electrons. The van der Waals surface area contributed by atoms with Gasteiger partial charge in [0, 0.05) is 18.5 Å². The van der Waals surface area contributed by atoms with Gasteiger partial charge in [-0.2, -0.15) is 5.10 Å². The normalized spacial score (nSPS) is 10.6. The lowest BCUT2D eigenvalue weighted by Crippen LogP contribution is -2.20. The van der Waals surface area contributed by atoms with Crippen LogP contribution in [0, 0.1) is 6.92 Å². The van der Waals surface area contributed by atoms with E-state index in [1.54, 1.807) is 37.4 Å². The molecule has 0 unspecified atom stereocenters. The second-order valence-electron chi connectivity index (χ2n) is 7.98. The Bertz CT molecular complexity index is 1170. The fourth-order valence-corrected chi connectivity index (χ4v) is 3.20. The molecule has 0 heterocycles. The average molecular weight is 490 g/mol. The number of aryl methyl sites for hydroxylation is 1. The van der Waals surface area contributed by atoms with Gasteiger partial charge in [-0.3, -0.25) is 9.59 Å². The summed E-state index contributed by atoms with van der Waals surface area (Å²) in [5.41, 5.74) is 6.07. The highest BCUT2D eigenvalue weighted by molar-refractivity contribution is 5.93. The van der Waals surface area contributed by atoms with E-state index in [0.717, 1.165) is 11.1 Å². The predicted molar refractivity (Wildman–Crippen MR) is 140 cm³/mol. The Balaban J connectivity index is 1.47. The molecule has 0 aliphatic heterocycles. The molecule has 0 saturated carbocycles. The van der Waals surface area contributed by atoms with Crippen LogP contribution in [0.3, 0.4) is 0 Å². The van der Waals surface area contributed by atoms with Gasteiger partial charge in [0.05, 0.1) is 19.9 Å². The van der Waals surface area contributed by atoms with Crippen molar-refractivity contribution in [3.63, 3.8) is 0 Å². The largest absolute Gasteiger partial charge is 0.497 e. The average Bonchev–Trinajstić information content (AvgIpc) is 2.88. The number of carbonyl (C=O) groups is 2. The van der Waals surface area contributed by atoms with Gasteiger partial charge in [-0.15, -0.1) is 0 Å². The highest BCUT2D eigenvalue weighted by Crippen LogP contribution is 2.29. The van der Waals surface area contributed by atoms with Crippen LogP contribution in [0.1, 0.15) is 36.5 Å². The molecule has 0 aliphatic rings. The van der Waals surface area contributed by atoms with Gasteiger partial charge in [0.2, 0.25) is 11.8 Å². The van der Waals surface area contributed by atoms with Crippen LogP contribution in [-0.2, 0) is 16.2 Å². The first-order chi connectivity index (χ1) is 17.5. The molecule has 188 valence electrons. The number of benzene rings is 3. The van der Waals surface area contributed by atoms with Crippen molar-refractivity contribution in [2.75, 3.05) is 19.0 Å². The summed E-state index contributed by atoms with van der Waals surface area (Å²) in [6.45, 7) is 4.85. The maximum atomic E-state index is 12.1. The van der Waals surface area contributed by atoms with Gasteiger partial charge in [-0.05, 0) is 67.4 Å². The number of hydrogen-bond acceptors (Lipinski definition) is 6. The maximum absolute atomic E-state index is 12.1. The number of rotatable bonds is 12. The quantitative estimate of drug-likeness (QED) is 0.280. The first kappa shape index (κ1) is 26.3. The summed E-state index contributed by atoms with van der Waals surface area (Å²) in [6.07, 6.45) is 1.56. The number of methoxy groups -OCH3 is 1. The third-order valence-corrected chi connectivity index (χ3v) is 5.14. The smallest absolute Gasteiger partial charge is 0.240 e. The molecule has 2 amide bonds. The zero-order valence-corrected chi connectivity index (χ0v) is 20.7. The third kappa shape index (κ3) is 8.47. The second-order valence-corrected chi connectivity index (χ2v) is 7.98. The Morgan fingerprint density at radius 3 is 2.31 bits per heavy atom. The predicted octanol–water partition coefficient (Wildman–Crippen LogP) is 4.85. The number of nitrogens with one attached hydrogen (secondary N) is 2. The van der Waals surface area contributed by atoms with E-state index in [2.05, 4.69) is 15.8 Å². The van der Waals surface area contributed by atoms with Gasteiger partial charge < -0.3 is 19.5 Å². The molecule has 8 heteroatoms. The van der Waals surface area contributed by atoms with Crippen LogP contribution in [0.15, 0.2) is 71.8 Å². The van der Waals surface area contributed by atoms with Gasteiger partial charge >= 0.3 is 0 Å². The van der Waals surface area contributed by atoms with Crippen molar-refractivity contribution in [2.24, 2.45) is 5.10 Å². The van der Waals surface area contributed by atoms with Crippen LogP contribution in [-0.4, -0.2) is 31.7 Å². The SMILES string of the molecule is CCOc1cc(C=NNC(=O)CCC(=O)Nc2ccc(OC)cc2)ccc1OCc1ccc(C)cc1. The summed E-state index contributed by atoms with van der Waals surface area (Å²) in [4.78, 5) is 24.1. The fraction of sp³-hybridized carbons (Fsp3) is 0.250. The molecule has 0 atom stereocenters. The van der Waals surface area contributed by atoms with Gasteiger partial charge in [-0.1, -0.05) is 29.8 Å². The Hall–Kier alpha value is -4.33. The van der Waals surface area contributed by atoms with Crippen molar-refractivity contribution in [2.45, 2.75) is 33.3 Å². The lowest BCUT2D eigenvalue weighted by atomic mass is 10.2. The molecule has 0 spiro atoms. The van der Waals surface area contributed by atoms with E-state index in [0.29, 0.717) is 36.1 Å². The van der Waals surface area contributed by atoms with E-state index in [1.807, 2.05) is 50.2 Å². The fourth-order valence-electron chi connectivity index (χ4n) is 3.20. The molecular weight excluding hydrogens is 458 g/mol. The van der Waals surface area contributed by atoms with E-state index >= 15 is 0 Å². The molecule has 3 aromatic rings. The van der Waals surface area contributed by atoms with E-state index in [4.69, 9.17) is 14.2 Å². The number of anilines is 1. The van der Waals surface area contributed by atoms with Crippen molar-refractivity contribution in [1.82, 2.24) is 5.43 Å². The zero-order chi connectivity index (χ0) is 25.8. The third-order valence-electron chi connectivity index (χ3n) is 5.14. The summed E-state index contributed by atoms with van der Waals surface area (Å²) in [6, 6.07) is 20.5.